The number of amides is 3. The minimum atomic E-state index is -1.72. The van der Waals surface area contributed by atoms with E-state index in [4.69, 9.17) is 5.11 Å². The van der Waals surface area contributed by atoms with Crippen LogP contribution in [0.5, 0.6) is 0 Å². The average Bonchev–Trinajstić information content (AvgIpc) is 2.87. The van der Waals surface area contributed by atoms with Crippen molar-refractivity contribution >= 4 is 29.3 Å². The van der Waals surface area contributed by atoms with E-state index in [1.165, 1.54) is 23.1 Å². The third-order valence-corrected chi connectivity index (χ3v) is 5.76. The summed E-state index contributed by atoms with van der Waals surface area (Å²) in [5, 5.41) is 23.0. The number of aliphatic hydroxyl groups is 1. The van der Waals surface area contributed by atoms with Crippen molar-refractivity contribution in [1.82, 2.24) is 5.32 Å². The molecule has 0 saturated carbocycles. The normalized spacial score (nSPS) is 11.9. The number of benzene rings is 3. The average molecular weight is 526 g/mol. The van der Waals surface area contributed by atoms with Crippen LogP contribution in [0.4, 0.5) is 25.0 Å². The molecule has 3 aromatic carbocycles. The van der Waals surface area contributed by atoms with E-state index < -0.39 is 42.2 Å². The molecule has 3 aromatic rings. The van der Waals surface area contributed by atoms with Crippen LogP contribution >= 0.6 is 0 Å². The Labute approximate surface area is 218 Å². The molecule has 4 N–H and O–H groups in total. The van der Waals surface area contributed by atoms with Crippen molar-refractivity contribution in [1.29, 1.82) is 0 Å². The van der Waals surface area contributed by atoms with Gasteiger partial charge in [-0.2, -0.15) is 0 Å². The van der Waals surface area contributed by atoms with Crippen molar-refractivity contribution in [2.45, 2.75) is 38.8 Å². The van der Waals surface area contributed by atoms with Crippen LogP contribution in [0.15, 0.2) is 66.7 Å². The molecular weight excluding hydrogens is 496 g/mol. The third-order valence-electron chi connectivity index (χ3n) is 5.76. The standard InChI is InChI=1S/C28H29F2N3O5/c1-28(2,3)19-8-11-21(12-9-19)33(27(38)32-20-10-13-22(29)23(30)14-20)16-17-4-6-18(7-5-17)25(35)31-15-24(34)26(36)37/h4-14,24,34H,15-16H2,1-3H3,(H,31,35)(H,32,38)(H,36,37)/t24-/m1/s1. The number of rotatable bonds is 8. The first-order valence-corrected chi connectivity index (χ1v) is 11.8. The highest BCUT2D eigenvalue weighted by molar-refractivity contribution is 6.01. The summed E-state index contributed by atoms with van der Waals surface area (Å²) < 4.78 is 27.0. The zero-order chi connectivity index (χ0) is 28.0. The van der Waals surface area contributed by atoms with Crippen LogP contribution in [0.1, 0.15) is 42.3 Å². The number of halogens is 2. The van der Waals surface area contributed by atoms with E-state index in [0.29, 0.717) is 11.3 Å². The molecule has 0 aromatic heterocycles. The number of nitrogens with one attached hydrogen (secondary N) is 2. The summed E-state index contributed by atoms with van der Waals surface area (Å²) in [5.41, 5.74) is 2.49. The van der Waals surface area contributed by atoms with Gasteiger partial charge in [-0.1, -0.05) is 45.0 Å². The number of carboxylic acid groups (broad SMARTS) is 1. The van der Waals surface area contributed by atoms with E-state index in [1.54, 1.807) is 24.3 Å². The molecule has 0 aliphatic heterocycles. The summed E-state index contributed by atoms with van der Waals surface area (Å²) in [6.07, 6.45) is -1.72. The van der Waals surface area contributed by atoms with Gasteiger partial charge < -0.3 is 20.8 Å². The van der Waals surface area contributed by atoms with Crippen molar-refractivity contribution in [2.75, 3.05) is 16.8 Å². The van der Waals surface area contributed by atoms with E-state index in [9.17, 15) is 28.3 Å². The number of anilines is 2. The van der Waals surface area contributed by atoms with Crippen LogP contribution in [0, 0.1) is 11.6 Å². The molecule has 3 rings (SSSR count). The van der Waals surface area contributed by atoms with Crippen molar-refractivity contribution in [3.63, 3.8) is 0 Å². The highest BCUT2D eigenvalue weighted by Crippen LogP contribution is 2.26. The molecule has 0 radical (unpaired) electrons. The fraction of sp³-hybridized carbons (Fsp3) is 0.250. The predicted octanol–water partition coefficient (Wildman–Crippen LogP) is 4.68. The summed E-state index contributed by atoms with van der Waals surface area (Å²) in [7, 11) is 0. The Morgan fingerprint density at radius 3 is 2.11 bits per heavy atom. The summed E-state index contributed by atoms with van der Waals surface area (Å²) in [6, 6.07) is 16.2. The number of carboxylic acids is 1. The Morgan fingerprint density at radius 1 is 0.921 bits per heavy atom. The lowest BCUT2D eigenvalue weighted by Gasteiger charge is -2.25. The summed E-state index contributed by atoms with van der Waals surface area (Å²) in [5.74, 6) is -4.13. The van der Waals surface area contributed by atoms with Crippen LogP contribution in [-0.2, 0) is 16.8 Å². The molecule has 0 aliphatic rings. The zero-order valence-electron chi connectivity index (χ0n) is 21.2. The van der Waals surface area contributed by atoms with Gasteiger partial charge in [-0.25, -0.2) is 18.4 Å². The third kappa shape index (κ3) is 7.36. The lowest BCUT2D eigenvalue weighted by molar-refractivity contribution is -0.146. The van der Waals surface area contributed by atoms with Crippen LogP contribution < -0.4 is 15.5 Å². The number of aliphatic hydroxyl groups excluding tert-OH is 1. The van der Waals surface area contributed by atoms with Gasteiger partial charge in [0, 0.05) is 23.0 Å². The molecule has 3 amide bonds. The quantitative estimate of drug-likeness (QED) is 0.341. The van der Waals surface area contributed by atoms with Gasteiger partial charge in [-0.15, -0.1) is 0 Å². The smallest absolute Gasteiger partial charge is 0.334 e. The van der Waals surface area contributed by atoms with Gasteiger partial charge in [0.25, 0.3) is 5.91 Å². The minimum Gasteiger partial charge on any atom is -0.479 e. The maximum absolute atomic E-state index is 13.7. The predicted molar refractivity (Wildman–Crippen MR) is 139 cm³/mol. The first kappa shape index (κ1) is 28.3. The largest absolute Gasteiger partial charge is 0.479 e. The SMILES string of the molecule is CC(C)(C)c1ccc(N(Cc2ccc(C(=O)NC[C@@H](O)C(=O)O)cc2)C(=O)Nc2ccc(F)c(F)c2)cc1. The summed E-state index contributed by atoms with van der Waals surface area (Å²) >= 11 is 0. The highest BCUT2D eigenvalue weighted by Gasteiger charge is 2.20. The van der Waals surface area contributed by atoms with Gasteiger partial charge in [0.15, 0.2) is 17.7 Å². The maximum Gasteiger partial charge on any atom is 0.334 e. The lowest BCUT2D eigenvalue weighted by Crippen LogP contribution is -2.36. The molecular formula is C28H29F2N3O5. The second-order valence-corrected chi connectivity index (χ2v) is 9.70. The van der Waals surface area contributed by atoms with E-state index in [1.807, 2.05) is 12.1 Å². The number of urea groups is 1. The van der Waals surface area contributed by atoms with Crippen molar-refractivity contribution in [2.24, 2.45) is 0 Å². The zero-order valence-corrected chi connectivity index (χ0v) is 21.2. The Hall–Kier alpha value is -4.31. The Bertz CT molecular complexity index is 1310. The fourth-order valence-corrected chi connectivity index (χ4v) is 3.51. The van der Waals surface area contributed by atoms with Gasteiger partial charge in [-0.05, 0) is 52.9 Å². The number of hydrogen-bond acceptors (Lipinski definition) is 4. The number of hydrogen-bond donors (Lipinski definition) is 4. The molecule has 38 heavy (non-hydrogen) atoms. The topological polar surface area (TPSA) is 119 Å². The van der Waals surface area contributed by atoms with Crippen LogP contribution in [0.3, 0.4) is 0 Å². The van der Waals surface area contributed by atoms with Gasteiger partial charge >= 0.3 is 12.0 Å². The van der Waals surface area contributed by atoms with E-state index in [-0.39, 0.29) is 23.2 Å². The molecule has 10 heteroatoms. The van der Waals surface area contributed by atoms with Crippen molar-refractivity contribution in [3.05, 3.63) is 95.1 Å². The number of carbonyl (C=O) groups is 3. The van der Waals surface area contributed by atoms with Crippen molar-refractivity contribution < 1.29 is 33.4 Å². The molecule has 0 heterocycles. The Morgan fingerprint density at radius 2 is 1.55 bits per heavy atom. The molecule has 0 spiro atoms. The van der Waals surface area contributed by atoms with Crippen molar-refractivity contribution in [3.8, 4) is 0 Å². The molecule has 0 fully saturated rings. The Kier molecular flexibility index (Phi) is 8.80. The van der Waals surface area contributed by atoms with Crippen LogP contribution in [0.25, 0.3) is 0 Å². The van der Waals surface area contributed by atoms with Crippen LogP contribution in [-0.4, -0.2) is 40.8 Å². The number of carbonyl (C=O) groups excluding carboxylic acids is 2. The lowest BCUT2D eigenvalue weighted by atomic mass is 9.87. The summed E-state index contributed by atoms with van der Waals surface area (Å²) in [4.78, 5) is 37.6. The molecule has 0 aliphatic carbocycles. The minimum absolute atomic E-state index is 0.0841. The first-order chi connectivity index (χ1) is 17.8. The second kappa shape index (κ2) is 11.8. The maximum atomic E-state index is 13.7. The molecule has 0 saturated heterocycles. The van der Waals surface area contributed by atoms with Gasteiger partial charge in [-0.3, -0.25) is 9.69 Å². The molecule has 8 nitrogen and oxygen atoms in total. The molecule has 200 valence electrons. The number of aliphatic carboxylic acids is 1. The van der Waals surface area contributed by atoms with Crippen LogP contribution in [0.2, 0.25) is 0 Å². The van der Waals surface area contributed by atoms with E-state index in [2.05, 4.69) is 31.4 Å². The fourth-order valence-electron chi connectivity index (χ4n) is 3.51. The second-order valence-electron chi connectivity index (χ2n) is 9.70. The van der Waals surface area contributed by atoms with Gasteiger partial charge in [0.1, 0.15) is 0 Å². The van der Waals surface area contributed by atoms with Gasteiger partial charge in [0.2, 0.25) is 0 Å². The number of nitrogens with zero attached hydrogens (tertiary/aromatic N) is 1. The van der Waals surface area contributed by atoms with Gasteiger partial charge in [0.05, 0.1) is 13.1 Å². The molecule has 0 bridgehead atoms. The summed E-state index contributed by atoms with van der Waals surface area (Å²) in [6.45, 7) is 5.84. The molecule has 1 atom stereocenters. The first-order valence-electron chi connectivity index (χ1n) is 11.8. The molecule has 0 unspecified atom stereocenters. The highest BCUT2D eigenvalue weighted by atomic mass is 19.2. The Balaban J connectivity index is 1.82. The van der Waals surface area contributed by atoms with E-state index >= 15 is 0 Å². The van der Waals surface area contributed by atoms with E-state index in [0.717, 1.165) is 17.7 Å². The monoisotopic (exact) mass is 525 g/mol.